The van der Waals surface area contributed by atoms with Crippen molar-refractivity contribution < 1.29 is 14.6 Å². The van der Waals surface area contributed by atoms with Gasteiger partial charge in [0.2, 0.25) is 0 Å². The van der Waals surface area contributed by atoms with Crippen molar-refractivity contribution >= 4 is 28.5 Å². The van der Waals surface area contributed by atoms with Crippen molar-refractivity contribution in [3.05, 3.63) is 35.0 Å². The van der Waals surface area contributed by atoms with E-state index in [1.807, 2.05) is 24.3 Å². The van der Waals surface area contributed by atoms with Gasteiger partial charge in [0.1, 0.15) is 10.9 Å². The van der Waals surface area contributed by atoms with Crippen LogP contribution in [0.1, 0.15) is 12.0 Å². The van der Waals surface area contributed by atoms with Crippen molar-refractivity contribution in [3.8, 4) is 5.75 Å². The van der Waals surface area contributed by atoms with Gasteiger partial charge in [-0.1, -0.05) is 11.6 Å². The summed E-state index contributed by atoms with van der Waals surface area (Å²) < 4.78 is 5.14. The highest BCUT2D eigenvalue weighted by Gasteiger charge is 2.07. The topological polar surface area (TPSA) is 59.4 Å². The number of aromatic nitrogens is 1. The van der Waals surface area contributed by atoms with Crippen LogP contribution in [0.3, 0.4) is 0 Å². The van der Waals surface area contributed by atoms with Gasteiger partial charge in [-0.15, -0.1) is 0 Å². The van der Waals surface area contributed by atoms with Crippen molar-refractivity contribution in [2.45, 2.75) is 12.8 Å². The highest BCUT2D eigenvalue weighted by molar-refractivity contribution is 6.30. The Morgan fingerprint density at radius 1 is 1.44 bits per heavy atom. The molecule has 0 amide bonds. The van der Waals surface area contributed by atoms with Gasteiger partial charge in [0, 0.05) is 11.8 Å². The Morgan fingerprint density at radius 2 is 2.22 bits per heavy atom. The lowest BCUT2D eigenvalue weighted by atomic mass is 10.1. The molecule has 5 heteroatoms. The van der Waals surface area contributed by atoms with Crippen molar-refractivity contribution in [1.29, 1.82) is 0 Å². The molecule has 0 saturated carbocycles. The lowest BCUT2D eigenvalue weighted by Gasteiger charge is -2.06. The fourth-order valence-electron chi connectivity index (χ4n) is 1.72. The van der Waals surface area contributed by atoms with Gasteiger partial charge >= 0.3 is 5.97 Å². The van der Waals surface area contributed by atoms with E-state index in [2.05, 4.69) is 4.98 Å². The third-order valence-corrected chi connectivity index (χ3v) is 2.98. The predicted octanol–water partition coefficient (Wildman–Crippen LogP) is 2.91. The number of hydrogen-bond donors (Lipinski definition) is 1. The van der Waals surface area contributed by atoms with Crippen molar-refractivity contribution in [1.82, 2.24) is 4.98 Å². The summed E-state index contributed by atoms with van der Waals surface area (Å²) in [6, 6.07) is 7.34. The number of methoxy groups -OCH3 is 1. The minimum absolute atomic E-state index is 0.0386. The molecule has 1 aromatic heterocycles. The maximum atomic E-state index is 10.6. The van der Waals surface area contributed by atoms with Crippen LogP contribution in [0, 0.1) is 0 Å². The lowest BCUT2D eigenvalue weighted by molar-refractivity contribution is -0.136. The summed E-state index contributed by atoms with van der Waals surface area (Å²) in [6.07, 6.45) is 0.408. The van der Waals surface area contributed by atoms with Gasteiger partial charge in [-0.05, 0) is 36.2 Å². The normalized spacial score (nSPS) is 10.6. The molecule has 1 heterocycles. The van der Waals surface area contributed by atoms with Crippen LogP contribution in [0.5, 0.6) is 5.75 Å². The molecule has 0 aliphatic rings. The molecule has 1 N–H and O–H groups in total. The second kappa shape index (κ2) is 5.23. The van der Waals surface area contributed by atoms with Crippen LogP contribution >= 0.6 is 11.6 Å². The minimum atomic E-state index is -0.850. The van der Waals surface area contributed by atoms with Crippen molar-refractivity contribution in [2.24, 2.45) is 0 Å². The Bertz CT molecular complexity index is 598. The number of carboxylic acid groups (broad SMARTS) is 1. The molecule has 0 aliphatic heterocycles. The van der Waals surface area contributed by atoms with Gasteiger partial charge in [0.25, 0.3) is 0 Å². The molecule has 0 radical (unpaired) electrons. The molecule has 0 spiro atoms. The first-order chi connectivity index (χ1) is 8.60. The van der Waals surface area contributed by atoms with E-state index >= 15 is 0 Å². The van der Waals surface area contributed by atoms with E-state index in [4.69, 9.17) is 21.4 Å². The standard InChI is InChI=1S/C13H12ClNO3/c1-18-10-3-4-11-9(7-10)6-8(13(14)15-11)2-5-12(16)17/h3-4,6-7H,2,5H2,1H3,(H,16,17). The molecule has 4 nitrogen and oxygen atoms in total. The van der Waals surface area contributed by atoms with Gasteiger partial charge in [0.05, 0.1) is 12.6 Å². The van der Waals surface area contributed by atoms with Crippen molar-refractivity contribution in [2.75, 3.05) is 7.11 Å². The van der Waals surface area contributed by atoms with E-state index in [0.717, 1.165) is 22.2 Å². The number of aliphatic carboxylic acids is 1. The summed E-state index contributed by atoms with van der Waals surface area (Å²) in [6.45, 7) is 0. The maximum Gasteiger partial charge on any atom is 0.303 e. The number of aryl methyl sites for hydroxylation is 1. The largest absolute Gasteiger partial charge is 0.497 e. The Balaban J connectivity index is 2.41. The highest BCUT2D eigenvalue weighted by Crippen LogP contribution is 2.25. The Kier molecular flexibility index (Phi) is 3.67. The molecule has 0 fully saturated rings. The lowest BCUT2D eigenvalue weighted by Crippen LogP contribution is -1.99. The maximum absolute atomic E-state index is 10.6. The zero-order valence-corrected chi connectivity index (χ0v) is 10.6. The zero-order valence-electron chi connectivity index (χ0n) is 9.81. The summed E-state index contributed by atoms with van der Waals surface area (Å²) in [4.78, 5) is 14.8. The number of carbonyl (C=O) groups is 1. The van der Waals surface area contributed by atoms with E-state index in [0.29, 0.717) is 11.6 Å². The fourth-order valence-corrected chi connectivity index (χ4v) is 1.96. The van der Waals surface area contributed by atoms with Crippen LogP contribution in [0.15, 0.2) is 24.3 Å². The quantitative estimate of drug-likeness (QED) is 0.864. The van der Waals surface area contributed by atoms with Crippen molar-refractivity contribution in [3.63, 3.8) is 0 Å². The first-order valence-electron chi connectivity index (χ1n) is 5.45. The summed E-state index contributed by atoms with van der Waals surface area (Å²) in [7, 11) is 1.59. The van der Waals surface area contributed by atoms with E-state index in [-0.39, 0.29) is 6.42 Å². The van der Waals surface area contributed by atoms with E-state index < -0.39 is 5.97 Å². The van der Waals surface area contributed by atoms with Gasteiger partial charge in [-0.25, -0.2) is 4.98 Å². The molecule has 0 saturated heterocycles. The molecule has 1 aromatic carbocycles. The number of rotatable bonds is 4. The average Bonchev–Trinajstić information content (AvgIpc) is 2.35. The van der Waals surface area contributed by atoms with Crippen LogP contribution in [0.2, 0.25) is 5.15 Å². The number of pyridine rings is 1. The molecular weight excluding hydrogens is 254 g/mol. The molecule has 2 rings (SSSR count). The molecule has 0 aliphatic carbocycles. The summed E-state index contributed by atoms with van der Waals surface area (Å²) in [5, 5.41) is 9.92. The Morgan fingerprint density at radius 3 is 2.89 bits per heavy atom. The molecule has 0 atom stereocenters. The molecule has 94 valence electrons. The van der Waals surface area contributed by atoms with Crippen LogP contribution in [0.25, 0.3) is 10.9 Å². The van der Waals surface area contributed by atoms with E-state index in [1.165, 1.54) is 0 Å². The molecule has 2 aromatic rings. The summed E-state index contributed by atoms with van der Waals surface area (Å²) in [5.74, 6) is -0.118. The Labute approximate surface area is 109 Å². The zero-order chi connectivity index (χ0) is 13.1. The number of benzene rings is 1. The number of hydrogen-bond acceptors (Lipinski definition) is 3. The first-order valence-corrected chi connectivity index (χ1v) is 5.83. The van der Waals surface area contributed by atoms with Crippen LogP contribution in [-0.4, -0.2) is 23.2 Å². The second-order valence-electron chi connectivity index (χ2n) is 3.89. The predicted molar refractivity (Wildman–Crippen MR) is 69.3 cm³/mol. The summed E-state index contributed by atoms with van der Waals surface area (Å²) in [5.41, 5.74) is 1.50. The van der Waals surface area contributed by atoms with Gasteiger partial charge in [0.15, 0.2) is 0 Å². The number of ether oxygens (including phenoxy) is 1. The first kappa shape index (κ1) is 12.6. The molecule has 0 unspecified atom stereocenters. The number of carboxylic acids is 1. The summed E-state index contributed by atoms with van der Waals surface area (Å²) >= 11 is 6.03. The highest BCUT2D eigenvalue weighted by atomic mass is 35.5. The van der Waals surface area contributed by atoms with E-state index in [1.54, 1.807) is 7.11 Å². The number of halogens is 1. The molecule has 18 heavy (non-hydrogen) atoms. The third kappa shape index (κ3) is 2.71. The van der Waals surface area contributed by atoms with Gasteiger partial charge < -0.3 is 9.84 Å². The van der Waals surface area contributed by atoms with Gasteiger partial charge in [-0.3, -0.25) is 4.79 Å². The SMILES string of the molecule is COc1ccc2nc(Cl)c(CCC(=O)O)cc2c1. The molecule has 0 bridgehead atoms. The van der Waals surface area contributed by atoms with Crippen LogP contribution in [-0.2, 0) is 11.2 Å². The number of nitrogens with zero attached hydrogens (tertiary/aromatic N) is 1. The average molecular weight is 266 g/mol. The smallest absolute Gasteiger partial charge is 0.303 e. The monoisotopic (exact) mass is 265 g/mol. The van der Waals surface area contributed by atoms with E-state index in [9.17, 15) is 4.79 Å². The van der Waals surface area contributed by atoms with Gasteiger partial charge in [-0.2, -0.15) is 0 Å². The fraction of sp³-hybridized carbons (Fsp3) is 0.231. The Hall–Kier alpha value is -1.81. The molecular formula is C13H12ClNO3. The minimum Gasteiger partial charge on any atom is -0.497 e. The number of fused-ring (bicyclic) bond motifs is 1. The second-order valence-corrected chi connectivity index (χ2v) is 4.25. The third-order valence-electron chi connectivity index (χ3n) is 2.66. The van der Waals surface area contributed by atoms with Crippen LogP contribution < -0.4 is 4.74 Å². The van der Waals surface area contributed by atoms with Crippen LogP contribution in [0.4, 0.5) is 0 Å².